The summed E-state index contributed by atoms with van der Waals surface area (Å²) in [6.07, 6.45) is -1.19. The Balaban J connectivity index is 2.24. The molecular weight excluding hydrogens is 235 g/mol. The quantitative estimate of drug-likeness (QED) is 0.774. The summed E-state index contributed by atoms with van der Waals surface area (Å²) in [5.41, 5.74) is 1.25. The van der Waals surface area contributed by atoms with Crippen molar-refractivity contribution in [1.82, 2.24) is 0 Å². The van der Waals surface area contributed by atoms with Gasteiger partial charge in [-0.25, -0.2) is 9.18 Å². The maximum atomic E-state index is 13.6. The highest BCUT2D eigenvalue weighted by molar-refractivity contribution is 5.84. The minimum atomic E-state index is -1.19. The van der Waals surface area contributed by atoms with Gasteiger partial charge in [-0.05, 0) is 30.3 Å². The summed E-state index contributed by atoms with van der Waals surface area (Å²) in [6.45, 7) is 0. The van der Waals surface area contributed by atoms with Crippen molar-refractivity contribution < 1.29 is 14.3 Å². The topological polar surface area (TPSA) is 61.4 Å². The zero-order chi connectivity index (χ0) is 13.0. The number of hydrogen-bond donors (Lipinski definition) is 3. The molecule has 92 valence electrons. The monoisotopic (exact) mass is 246 g/mol. The Labute approximate surface area is 103 Å². The van der Waals surface area contributed by atoms with E-state index in [0.29, 0.717) is 5.69 Å². The van der Waals surface area contributed by atoms with Gasteiger partial charge in [-0.15, -0.1) is 0 Å². The predicted octanol–water partition coefficient (Wildman–Crippen LogP) is 3.66. The van der Waals surface area contributed by atoms with Crippen molar-refractivity contribution in [3.05, 3.63) is 54.3 Å². The molecular formula is C13H11FN2O2. The summed E-state index contributed by atoms with van der Waals surface area (Å²) >= 11 is 0. The number of carbonyl (C=O) groups is 1. The van der Waals surface area contributed by atoms with Gasteiger partial charge < -0.3 is 10.4 Å². The van der Waals surface area contributed by atoms with Gasteiger partial charge in [0.1, 0.15) is 5.82 Å². The van der Waals surface area contributed by atoms with Crippen LogP contribution in [0.25, 0.3) is 0 Å². The first-order valence-electron chi connectivity index (χ1n) is 5.27. The van der Waals surface area contributed by atoms with E-state index in [9.17, 15) is 9.18 Å². The smallest absolute Gasteiger partial charge is 0.409 e. The van der Waals surface area contributed by atoms with Crippen molar-refractivity contribution in [3.63, 3.8) is 0 Å². The van der Waals surface area contributed by atoms with Crippen LogP contribution >= 0.6 is 0 Å². The average molecular weight is 246 g/mol. The number of carboxylic acid groups (broad SMARTS) is 1. The van der Waals surface area contributed by atoms with Gasteiger partial charge in [0.15, 0.2) is 0 Å². The lowest BCUT2D eigenvalue weighted by Crippen LogP contribution is -2.07. The van der Waals surface area contributed by atoms with E-state index in [4.69, 9.17) is 5.11 Å². The second-order valence-corrected chi connectivity index (χ2v) is 3.62. The van der Waals surface area contributed by atoms with Gasteiger partial charge in [0, 0.05) is 11.4 Å². The first-order chi connectivity index (χ1) is 8.65. The fraction of sp³-hybridized carbons (Fsp3) is 0. The van der Waals surface area contributed by atoms with Crippen molar-refractivity contribution in [1.29, 1.82) is 0 Å². The van der Waals surface area contributed by atoms with Gasteiger partial charge >= 0.3 is 6.09 Å². The summed E-state index contributed by atoms with van der Waals surface area (Å²) < 4.78 is 13.6. The number of hydrogen-bond acceptors (Lipinski definition) is 2. The number of benzene rings is 2. The second kappa shape index (κ2) is 5.18. The molecule has 2 rings (SSSR count). The molecule has 0 radical (unpaired) electrons. The number of halogens is 1. The minimum absolute atomic E-state index is 0.215. The van der Waals surface area contributed by atoms with Crippen LogP contribution in [0, 0.1) is 5.82 Å². The van der Waals surface area contributed by atoms with Crippen LogP contribution in [0.2, 0.25) is 0 Å². The Bertz CT molecular complexity index is 558. The third-order valence-electron chi connectivity index (χ3n) is 2.27. The molecule has 0 fully saturated rings. The third-order valence-corrected chi connectivity index (χ3v) is 2.27. The lowest BCUT2D eigenvalue weighted by Gasteiger charge is -2.09. The summed E-state index contributed by atoms with van der Waals surface area (Å²) in [6, 6.07) is 13.0. The molecule has 0 spiro atoms. The number of anilines is 3. The first-order valence-corrected chi connectivity index (χ1v) is 5.27. The maximum absolute atomic E-state index is 13.6. The molecule has 0 saturated carbocycles. The van der Waals surface area contributed by atoms with Gasteiger partial charge in [-0.3, -0.25) is 5.32 Å². The van der Waals surface area contributed by atoms with Gasteiger partial charge in [-0.2, -0.15) is 0 Å². The summed E-state index contributed by atoms with van der Waals surface area (Å²) in [5.74, 6) is -0.449. The third kappa shape index (κ3) is 2.98. The van der Waals surface area contributed by atoms with Crippen LogP contribution in [0.3, 0.4) is 0 Å². The van der Waals surface area contributed by atoms with Gasteiger partial charge in [0.25, 0.3) is 0 Å². The molecule has 2 aromatic rings. The van der Waals surface area contributed by atoms with E-state index in [1.165, 1.54) is 18.2 Å². The van der Waals surface area contributed by atoms with E-state index in [1.807, 2.05) is 18.2 Å². The van der Waals surface area contributed by atoms with E-state index in [0.717, 1.165) is 5.69 Å². The lowest BCUT2D eigenvalue weighted by molar-refractivity contribution is 0.210. The van der Waals surface area contributed by atoms with Gasteiger partial charge in [-0.1, -0.05) is 18.2 Å². The van der Waals surface area contributed by atoms with Crippen molar-refractivity contribution in [2.24, 2.45) is 0 Å². The van der Waals surface area contributed by atoms with E-state index in [-0.39, 0.29) is 5.69 Å². The minimum Gasteiger partial charge on any atom is -0.465 e. The van der Waals surface area contributed by atoms with Crippen LogP contribution in [0.5, 0.6) is 0 Å². The average Bonchev–Trinajstić information content (AvgIpc) is 2.34. The van der Waals surface area contributed by atoms with Crippen LogP contribution < -0.4 is 10.6 Å². The molecule has 0 aliphatic carbocycles. The fourth-order valence-corrected chi connectivity index (χ4v) is 1.50. The summed E-state index contributed by atoms with van der Waals surface area (Å²) in [5, 5.41) is 13.6. The molecule has 1 amide bonds. The Morgan fingerprint density at radius 3 is 2.44 bits per heavy atom. The van der Waals surface area contributed by atoms with Crippen LogP contribution in [0.15, 0.2) is 48.5 Å². The number of rotatable bonds is 3. The van der Waals surface area contributed by atoms with Crippen molar-refractivity contribution in [2.75, 3.05) is 10.6 Å². The Morgan fingerprint density at radius 2 is 1.78 bits per heavy atom. The largest absolute Gasteiger partial charge is 0.465 e. The molecule has 5 heteroatoms. The van der Waals surface area contributed by atoms with Crippen LogP contribution in [-0.2, 0) is 0 Å². The van der Waals surface area contributed by atoms with Gasteiger partial charge in [0.2, 0.25) is 0 Å². The number of para-hydroxylation sites is 1. The van der Waals surface area contributed by atoms with E-state index >= 15 is 0 Å². The van der Waals surface area contributed by atoms with E-state index in [1.54, 1.807) is 12.1 Å². The molecule has 0 unspecified atom stereocenters. The molecule has 0 aliphatic rings. The zero-order valence-corrected chi connectivity index (χ0v) is 9.35. The molecule has 0 heterocycles. The molecule has 0 bridgehead atoms. The molecule has 3 N–H and O–H groups in total. The standard InChI is InChI=1S/C13H11FN2O2/c14-11-7-6-10(16-13(17)18)8-12(11)15-9-4-2-1-3-5-9/h1-8,15-16H,(H,17,18). The van der Waals surface area contributed by atoms with Crippen LogP contribution in [-0.4, -0.2) is 11.2 Å². The molecule has 0 atom stereocenters. The number of nitrogens with one attached hydrogen (secondary N) is 2. The second-order valence-electron chi connectivity index (χ2n) is 3.62. The van der Waals surface area contributed by atoms with E-state index < -0.39 is 11.9 Å². The highest BCUT2D eigenvalue weighted by Crippen LogP contribution is 2.23. The predicted molar refractivity (Wildman–Crippen MR) is 67.8 cm³/mol. The van der Waals surface area contributed by atoms with Crippen molar-refractivity contribution >= 4 is 23.2 Å². The summed E-state index contributed by atoms with van der Waals surface area (Å²) in [4.78, 5) is 10.5. The van der Waals surface area contributed by atoms with Crippen LogP contribution in [0.4, 0.5) is 26.2 Å². The Morgan fingerprint density at radius 1 is 1.06 bits per heavy atom. The molecule has 0 aromatic heterocycles. The van der Waals surface area contributed by atoms with Gasteiger partial charge in [0.05, 0.1) is 5.69 Å². The SMILES string of the molecule is O=C(O)Nc1ccc(F)c(Nc2ccccc2)c1. The first kappa shape index (κ1) is 11.9. The number of amides is 1. The van der Waals surface area contributed by atoms with Crippen LogP contribution in [0.1, 0.15) is 0 Å². The molecule has 18 heavy (non-hydrogen) atoms. The maximum Gasteiger partial charge on any atom is 0.409 e. The zero-order valence-electron chi connectivity index (χ0n) is 9.35. The van der Waals surface area contributed by atoms with E-state index in [2.05, 4.69) is 10.6 Å². The molecule has 2 aromatic carbocycles. The fourth-order valence-electron chi connectivity index (χ4n) is 1.50. The Kier molecular flexibility index (Phi) is 3.43. The summed E-state index contributed by atoms with van der Waals surface area (Å²) in [7, 11) is 0. The highest BCUT2D eigenvalue weighted by atomic mass is 19.1. The molecule has 0 aliphatic heterocycles. The van der Waals surface area contributed by atoms with Crippen molar-refractivity contribution in [2.45, 2.75) is 0 Å². The normalized spacial score (nSPS) is 9.83. The molecule has 0 saturated heterocycles. The lowest BCUT2D eigenvalue weighted by atomic mass is 10.2. The highest BCUT2D eigenvalue weighted by Gasteiger charge is 2.05. The Hall–Kier alpha value is -2.56. The van der Waals surface area contributed by atoms with Crippen molar-refractivity contribution in [3.8, 4) is 0 Å². The molecule has 4 nitrogen and oxygen atoms in total.